The molecule has 0 fully saturated rings. The lowest BCUT2D eigenvalue weighted by atomic mass is 10.3. The average molecular weight is 291 g/mol. The van der Waals surface area contributed by atoms with Gasteiger partial charge in [-0.2, -0.15) is 0 Å². The number of ether oxygens (including phenoxy) is 2. The van der Waals surface area contributed by atoms with E-state index in [1.807, 2.05) is 0 Å². The molecule has 6 nitrogen and oxygen atoms in total. The Kier molecular flexibility index (Phi) is 5.37. The zero-order valence-electron chi connectivity index (χ0n) is 10.3. The number of nitrogens with zero attached hydrogens (tertiary/aromatic N) is 1. The first-order valence-corrected chi connectivity index (χ1v) is 5.43. The van der Waals surface area contributed by atoms with E-state index < -0.39 is 11.8 Å². The second kappa shape index (κ2) is 6.79. The molecule has 104 valence electrons. The lowest BCUT2D eigenvalue weighted by molar-refractivity contribution is -0.133. The normalized spacial score (nSPS) is 11.1. The van der Waals surface area contributed by atoms with Crippen molar-refractivity contribution in [1.82, 2.24) is 0 Å². The summed E-state index contributed by atoms with van der Waals surface area (Å²) >= 11 is 5.77. The van der Waals surface area contributed by atoms with E-state index in [0.717, 1.165) is 6.07 Å². The third-order valence-corrected chi connectivity index (χ3v) is 2.33. The summed E-state index contributed by atoms with van der Waals surface area (Å²) in [7, 11) is 2.46. The SMILES string of the molecule is CON=C(COc1cc(N)c(F)cc1Cl)C(=O)OC. The Morgan fingerprint density at radius 2 is 2.16 bits per heavy atom. The first kappa shape index (κ1) is 15.0. The molecule has 0 radical (unpaired) electrons. The molecular formula is C11H12ClFN2O4. The van der Waals surface area contributed by atoms with Gasteiger partial charge in [0.2, 0.25) is 5.71 Å². The highest BCUT2D eigenvalue weighted by Crippen LogP contribution is 2.28. The van der Waals surface area contributed by atoms with Gasteiger partial charge in [0.15, 0.2) is 0 Å². The molecule has 0 unspecified atom stereocenters. The molecule has 19 heavy (non-hydrogen) atoms. The lowest BCUT2D eigenvalue weighted by Gasteiger charge is -2.09. The van der Waals surface area contributed by atoms with Gasteiger partial charge in [-0.1, -0.05) is 16.8 Å². The van der Waals surface area contributed by atoms with Crippen molar-refractivity contribution < 1.29 is 23.5 Å². The largest absolute Gasteiger partial charge is 0.485 e. The summed E-state index contributed by atoms with van der Waals surface area (Å²) in [6.45, 7) is -0.259. The summed E-state index contributed by atoms with van der Waals surface area (Å²) in [6.07, 6.45) is 0. The molecule has 0 spiro atoms. The fourth-order valence-corrected chi connectivity index (χ4v) is 1.36. The molecule has 0 saturated heterocycles. The Labute approximate surface area is 113 Å². The average Bonchev–Trinajstić information content (AvgIpc) is 2.39. The molecule has 0 saturated carbocycles. The van der Waals surface area contributed by atoms with Gasteiger partial charge < -0.3 is 20.0 Å². The summed E-state index contributed by atoms with van der Waals surface area (Å²) in [5, 5.41) is 3.47. The Balaban J connectivity index is 2.83. The first-order valence-electron chi connectivity index (χ1n) is 5.05. The number of rotatable bonds is 5. The molecule has 0 aromatic heterocycles. The Morgan fingerprint density at radius 1 is 1.47 bits per heavy atom. The van der Waals surface area contributed by atoms with Gasteiger partial charge in [0.1, 0.15) is 25.3 Å². The van der Waals surface area contributed by atoms with Gasteiger partial charge >= 0.3 is 5.97 Å². The van der Waals surface area contributed by atoms with Crippen LogP contribution in [0.15, 0.2) is 17.3 Å². The van der Waals surface area contributed by atoms with E-state index in [1.165, 1.54) is 20.3 Å². The number of oxime groups is 1. The molecule has 8 heteroatoms. The first-order chi connectivity index (χ1) is 8.99. The van der Waals surface area contributed by atoms with Crippen LogP contribution in [0, 0.1) is 5.82 Å². The van der Waals surface area contributed by atoms with Crippen LogP contribution < -0.4 is 10.5 Å². The molecule has 1 aromatic carbocycles. The molecule has 0 amide bonds. The minimum Gasteiger partial charge on any atom is -0.485 e. The highest BCUT2D eigenvalue weighted by atomic mass is 35.5. The van der Waals surface area contributed by atoms with Crippen molar-refractivity contribution in [1.29, 1.82) is 0 Å². The number of halogens is 2. The van der Waals surface area contributed by atoms with Crippen LogP contribution in [0.25, 0.3) is 0 Å². The van der Waals surface area contributed by atoms with Crippen LogP contribution in [0.5, 0.6) is 5.75 Å². The molecule has 0 aliphatic carbocycles. The summed E-state index contributed by atoms with van der Waals surface area (Å²) in [4.78, 5) is 15.8. The molecule has 1 aromatic rings. The maximum Gasteiger partial charge on any atom is 0.359 e. The fourth-order valence-electron chi connectivity index (χ4n) is 1.15. The fraction of sp³-hybridized carbons (Fsp3) is 0.273. The van der Waals surface area contributed by atoms with Crippen LogP contribution in [0.4, 0.5) is 10.1 Å². The van der Waals surface area contributed by atoms with Crippen LogP contribution in [-0.2, 0) is 14.4 Å². The van der Waals surface area contributed by atoms with Crippen molar-refractivity contribution in [2.75, 3.05) is 26.6 Å². The molecule has 0 heterocycles. The van der Waals surface area contributed by atoms with E-state index in [9.17, 15) is 9.18 Å². The van der Waals surface area contributed by atoms with E-state index >= 15 is 0 Å². The van der Waals surface area contributed by atoms with Crippen LogP contribution in [-0.4, -0.2) is 32.5 Å². The van der Waals surface area contributed by atoms with Crippen molar-refractivity contribution in [2.24, 2.45) is 5.16 Å². The molecular weight excluding hydrogens is 279 g/mol. The molecule has 0 aliphatic rings. The number of benzene rings is 1. The molecule has 2 N–H and O–H groups in total. The van der Waals surface area contributed by atoms with Crippen molar-refractivity contribution >= 4 is 29.0 Å². The number of anilines is 1. The van der Waals surface area contributed by atoms with Crippen LogP contribution in [0.2, 0.25) is 5.02 Å². The maximum absolute atomic E-state index is 13.1. The van der Waals surface area contributed by atoms with Gasteiger partial charge in [-0.3, -0.25) is 0 Å². The van der Waals surface area contributed by atoms with Crippen molar-refractivity contribution in [2.45, 2.75) is 0 Å². The number of hydrogen-bond donors (Lipinski definition) is 1. The van der Waals surface area contributed by atoms with Gasteiger partial charge in [-0.15, -0.1) is 0 Å². The maximum atomic E-state index is 13.1. The molecule has 0 atom stereocenters. The minimum atomic E-state index is -0.715. The van der Waals surface area contributed by atoms with Crippen LogP contribution in [0.1, 0.15) is 0 Å². The quantitative estimate of drug-likeness (QED) is 0.385. The van der Waals surface area contributed by atoms with Gasteiger partial charge in [-0.05, 0) is 6.07 Å². The second-order valence-electron chi connectivity index (χ2n) is 3.30. The Morgan fingerprint density at radius 3 is 2.74 bits per heavy atom. The van der Waals surface area contributed by atoms with Crippen molar-refractivity contribution in [3.8, 4) is 5.75 Å². The topological polar surface area (TPSA) is 83.1 Å². The van der Waals surface area contributed by atoms with Gasteiger partial charge in [0.05, 0.1) is 17.8 Å². The second-order valence-corrected chi connectivity index (χ2v) is 3.71. The number of methoxy groups -OCH3 is 1. The number of hydrogen-bond acceptors (Lipinski definition) is 6. The third kappa shape index (κ3) is 3.99. The van der Waals surface area contributed by atoms with Gasteiger partial charge in [0, 0.05) is 6.07 Å². The highest BCUT2D eigenvalue weighted by molar-refractivity contribution is 6.37. The zero-order chi connectivity index (χ0) is 14.4. The van der Waals surface area contributed by atoms with E-state index in [2.05, 4.69) is 14.7 Å². The Hall–Kier alpha value is -2.02. The summed E-state index contributed by atoms with van der Waals surface area (Å²) in [5.41, 5.74) is 5.15. The van der Waals surface area contributed by atoms with Gasteiger partial charge in [0.25, 0.3) is 0 Å². The predicted molar refractivity (Wildman–Crippen MR) is 67.8 cm³/mol. The van der Waals surface area contributed by atoms with E-state index in [4.69, 9.17) is 22.1 Å². The predicted octanol–water partition coefficient (Wildman–Crippen LogP) is 1.62. The number of carbonyl (C=O) groups is 1. The van der Waals surface area contributed by atoms with E-state index in [-0.39, 0.29) is 28.8 Å². The van der Waals surface area contributed by atoms with Gasteiger partial charge in [-0.25, -0.2) is 9.18 Å². The number of carbonyl (C=O) groups excluding carboxylic acids is 1. The van der Waals surface area contributed by atoms with E-state index in [1.54, 1.807) is 0 Å². The number of esters is 1. The summed E-state index contributed by atoms with van der Waals surface area (Å²) in [5.74, 6) is -1.25. The van der Waals surface area contributed by atoms with E-state index in [0.29, 0.717) is 0 Å². The minimum absolute atomic E-state index is 0.0216. The third-order valence-electron chi connectivity index (χ3n) is 2.04. The highest BCUT2D eigenvalue weighted by Gasteiger charge is 2.15. The molecule has 0 aliphatic heterocycles. The van der Waals surface area contributed by atoms with Crippen molar-refractivity contribution in [3.05, 3.63) is 23.0 Å². The van der Waals surface area contributed by atoms with Crippen LogP contribution in [0.3, 0.4) is 0 Å². The van der Waals surface area contributed by atoms with Crippen molar-refractivity contribution in [3.63, 3.8) is 0 Å². The standard InChI is InChI=1S/C11H12ClFN2O4/c1-17-11(16)9(15-18-2)5-19-10-4-8(14)7(13)3-6(10)12/h3-4H,5,14H2,1-2H3. The molecule has 1 rings (SSSR count). The van der Waals surface area contributed by atoms with Crippen LogP contribution >= 0.6 is 11.6 Å². The number of nitrogen functional groups attached to an aromatic ring is 1. The molecule has 0 bridgehead atoms. The summed E-state index contributed by atoms with van der Waals surface area (Å²) < 4.78 is 22.8. The smallest absolute Gasteiger partial charge is 0.359 e. The monoisotopic (exact) mass is 290 g/mol. The lowest BCUT2D eigenvalue weighted by Crippen LogP contribution is -2.23. The zero-order valence-corrected chi connectivity index (χ0v) is 11.0. The number of nitrogens with two attached hydrogens (primary N) is 1. The Bertz CT molecular complexity index is 508. The summed E-state index contributed by atoms with van der Waals surface area (Å²) in [6, 6.07) is 2.22.